The Morgan fingerprint density at radius 1 is 0.857 bits per heavy atom. The highest BCUT2D eigenvalue weighted by atomic mass is 28.4. The molecular weight excluding hydrogens is 655 g/mol. The van der Waals surface area contributed by atoms with Crippen LogP contribution in [0.2, 0.25) is 36.3 Å². The lowest BCUT2D eigenvalue weighted by Gasteiger charge is -2.40. The molecule has 12 heteroatoms. The summed E-state index contributed by atoms with van der Waals surface area (Å²) in [5.41, 5.74) is 0.499. The Hall–Kier alpha value is -3.43. The molecule has 4 rings (SSSR count). The number of carbonyl (C=O) groups excluding carboxylic acids is 2. The summed E-state index contributed by atoms with van der Waals surface area (Å²) in [6.07, 6.45) is 0.737. The molecule has 10 nitrogen and oxygen atoms in total. The summed E-state index contributed by atoms with van der Waals surface area (Å²) in [4.78, 5) is 44.3. The fraction of sp³-hybridized carbons (Fsp3) is 0.514. The highest BCUT2D eigenvalue weighted by Crippen LogP contribution is 2.42. The molecule has 3 atom stereocenters. The molecule has 1 aliphatic rings. The summed E-state index contributed by atoms with van der Waals surface area (Å²) in [6.45, 7) is 22.3. The topological polar surface area (TPSA) is 110 Å². The fourth-order valence-corrected chi connectivity index (χ4v) is 7.28. The third-order valence-electron chi connectivity index (χ3n) is 10.1. The number of amides is 1. The zero-order chi connectivity index (χ0) is 36.2. The van der Waals surface area contributed by atoms with E-state index in [4.69, 9.17) is 18.3 Å². The molecule has 0 bridgehead atoms. The van der Waals surface area contributed by atoms with E-state index in [1.54, 1.807) is 60.8 Å². The van der Waals surface area contributed by atoms with Crippen LogP contribution in [0, 0.1) is 0 Å². The summed E-state index contributed by atoms with van der Waals surface area (Å²) in [5.74, 6) is -0.999. The number of esters is 1. The summed E-state index contributed by atoms with van der Waals surface area (Å²) in [7, 11) is -4.31. The molecule has 0 unspecified atom stereocenters. The Bertz CT molecular complexity index is 1720. The van der Waals surface area contributed by atoms with E-state index >= 15 is 0 Å². The summed E-state index contributed by atoms with van der Waals surface area (Å²) >= 11 is 0. The molecule has 1 aliphatic heterocycles. The van der Waals surface area contributed by atoms with E-state index in [0.29, 0.717) is 24.2 Å². The first-order chi connectivity index (χ1) is 22.8. The van der Waals surface area contributed by atoms with Crippen LogP contribution in [0.3, 0.4) is 0 Å². The highest BCUT2D eigenvalue weighted by molar-refractivity contribution is 6.74. The first-order valence-electron chi connectivity index (χ1n) is 17.0. The van der Waals surface area contributed by atoms with Crippen LogP contribution in [-0.2, 0) is 24.9 Å². The SMILES string of the molecule is CC(C)(C)[Si](C)(C)OC[C@H]1O[C@@H](n2ccc(=NC(=O)c3ccccc3)n(CCOC(=O)c3ccccc3)c2=O)C[C@@H]1O[Si](C)(C)C(C)(C)C. The van der Waals surface area contributed by atoms with Crippen LogP contribution in [0.15, 0.2) is 82.7 Å². The normalized spacial score (nSPS) is 19.2. The lowest BCUT2D eigenvalue weighted by molar-refractivity contribution is -0.0417. The van der Waals surface area contributed by atoms with Crippen LogP contribution in [0.5, 0.6) is 0 Å². The number of nitrogens with zero attached hydrogens (tertiary/aromatic N) is 3. The standard InChI is InChI=1S/C37H53N3O7Si2/c1-36(2,3)48(7,8)45-26-30-29(47-49(9,10)37(4,5)6)25-32(46-30)40-22-21-31(38-33(41)27-17-13-11-14-18-27)39(35(40)43)23-24-44-34(42)28-19-15-12-16-20-28/h11-22,29-30,32H,23-26H2,1-10H3/t29-,30+,32+/m0/s1. The second kappa shape index (κ2) is 15.2. The van der Waals surface area contributed by atoms with Crippen molar-refractivity contribution in [2.75, 3.05) is 13.2 Å². The first kappa shape index (κ1) is 38.4. The summed E-state index contributed by atoms with van der Waals surface area (Å²) in [5, 5.41) is -0.00877. The molecule has 1 aromatic heterocycles. The smallest absolute Gasteiger partial charge is 0.338 e. The number of hydrogen-bond acceptors (Lipinski definition) is 7. The van der Waals surface area contributed by atoms with Gasteiger partial charge in [0, 0.05) is 18.2 Å². The van der Waals surface area contributed by atoms with Gasteiger partial charge in [-0.2, -0.15) is 4.99 Å². The molecule has 1 saturated heterocycles. The molecule has 49 heavy (non-hydrogen) atoms. The Morgan fingerprint density at radius 2 is 1.43 bits per heavy atom. The van der Waals surface area contributed by atoms with Gasteiger partial charge < -0.3 is 18.3 Å². The number of hydrogen-bond donors (Lipinski definition) is 0. The van der Waals surface area contributed by atoms with Gasteiger partial charge in [-0.3, -0.25) is 13.9 Å². The molecule has 0 radical (unpaired) electrons. The van der Waals surface area contributed by atoms with Gasteiger partial charge in [-0.1, -0.05) is 77.9 Å². The van der Waals surface area contributed by atoms with Gasteiger partial charge in [-0.25, -0.2) is 9.59 Å². The van der Waals surface area contributed by atoms with Crippen molar-refractivity contribution in [3.05, 3.63) is 100 Å². The van der Waals surface area contributed by atoms with E-state index in [-0.39, 0.29) is 40.9 Å². The number of aromatic nitrogens is 2. The van der Waals surface area contributed by atoms with E-state index in [1.165, 1.54) is 9.13 Å². The molecule has 0 aliphatic carbocycles. The molecule has 266 valence electrons. The minimum Gasteiger partial charge on any atom is -0.460 e. The van der Waals surface area contributed by atoms with Crippen LogP contribution in [-0.4, -0.2) is 63.1 Å². The van der Waals surface area contributed by atoms with Gasteiger partial charge in [-0.15, -0.1) is 0 Å². The van der Waals surface area contributed by atoms with E-state index in [2.05, 4.69) is 72.7 Å². The molecule has 3 aromatic rings. The fourth-order valence-electron chi connectivity index (χ4n) is 4.91. The number of ether oxygens (including phenoxy) is 2. The van der Waals surface area contributed by atoms with E-state index in [9.17, 15) is 14.4 Å². The predicted molar refractivity (Wildman–Crippen MR) is 195 cm³/mol. The Balaban J connectivity index is 1.68. The Kier molecular flexibility index (Phi) is 11.9. The van der Waals surface area contributed by atoms with Crippen LogP contribution >= 0.6 is 0 Å². The van der Waals surface area contributed by atoms with Crippen molar-refractivity contribution in [3.63, 3.8) is 0 Å². The van der Waals surface area contributed by atoms with E-state index in [0.717, 1.165) is 0 Å². The maximum Gasteiger partial charge on any atom is 0.338 e. The molecule has 0 N–H and O–H groups in total. The molecule has 0 saturated carbocycles. The van der Waals surface area contributed by atoms with Crippen LogP contribution in [0.25, 0.3) is 0 Å². The predicted octanol–water partition coefficient (Wildman–Crippen LogP) is 6.95. The van der Waals surface area contributed by atoms with Crippen molar-refractivity contribution in [2.45, 2.75) is 109 Å². The first-order valence-corrected chi connectivity index (χ1v) is 22.8. The van der Waals surface area contributed by atoms with Crippen molar-refractivity contribution in [2.24, 2.45) is 4.99 Å². The van der Waals surface area contributed by atoms with E-state index < -0.39 is 40.4 Å². The van der Waals surface area contributed by atoms with Crippen LogP contribution in [0.1, 0.15) is 74.9 Å². The molecule has 2 aromatic carbocycles. The maximum atomic E-state index is 14.2. The van der Waals surface area contributed by atoms with Crippen LogP contribution in [0.4, 0.5) is 0 Å². The van der Waals surface area contributed by atoms with Gasteiger partial charge in [0.15, 0.2) is 16.6 Å². The molecule has 1 fully saturated rings. The number of benzene rings is 2. The maximum absolute atomic E-state index is 14.2. The molecule has 2 heterocycles. The van der Waals surface area contributed by atoms with Crippen LogP contribution < -0.4 is 11.2 Å². The Labute approximate surface area is 292 Å². The second-order valence-electron chi connectivity index (χ2n) is 15.7. The number of rotatable bonds is 11. The van der Waals surface area contributed by atoms with Crippen molar-refractivity contribution < 1.29 is 27.9 Å². The zero-order valence-electron chi connectivity index (χ0n) is 30.7. The van der Waals surface area contributed by atoms with E-state index in [1.807, 2.05) is 12.1 Å². The monoisotopic (exact) mass is 707 g/mol. The summed E-state index contributed by atoms with van der Waals surface area (Å²) < 4.78 is 28.5. The minimum atomic E-state index is -2.21. The molecule has 0 spiro atoms. The molecular formula is C37H53N3O7Si2. The lowest BCUT2D eigenvalue weighted by Crippen LogP contribution is -2.48. The highest BCUT2D eigenvalue weighted by Gasteiger charge is 2.46. The minimum absolute atomic E-state index is 0.0176. The Morgan fingerprint density at radius 3 is 2.00 bits per heavy atom. The summed E-state index contributed by atoms with van der Waals surface area (Å²) in [6, 6.07) is 18.9. The quantitative estimate of drug-likeness (QED) is 0.157. The largest absolute Gasteiger partial charge is 0.460 e. The number of carbonyl (C=O) groups is 2. The van der Waals surface area contributed by atoms with Crippen molar-refractivity contribution in [1.29, 1.82) is 0 Å². The average Bonchev–Trinajstić information content (AvgIpc) is 3.42. The third-order valence-corrected chi connectivity index (χ3v) is 19.1. The van der Waals surface area contributed by atoms with Gasteiger partial charge in [0.25, 0.3) is 5.91 Å². The van der Waals surface area contributed by atoms with Gasteiger partial charge in [-0.05, 0) is 66.6 Å². The molecule has 1 amide bonds. The lowest BCUT2D eigenvalue weighted by atomic mass is 10.2. The van der Waals surface area contributed by atoms with Crippen molar-refractivity contribution >= 4 is 28.5 Å². The van der Waals surface area contributed by atoms with Gasteiger partial charge in [0.2, 0.25) is 0 Å². The van der Waals surface area contributed by atoms with Gasteiger partial charge in [0.1, 0.15) is 24.4 Å². The third kappa shape index (κ3) is 9.43. The van der Waals surface area contributed by atoms with Gasteiger partial charge in [0.05, 0.1) is 24.8 Å². The second-order valence-corrected chi connectivity index (χ2v) is 25.2. The average molecular weight is 708 g/mol. The van der Waals surface area contributed by atoms with Crippen molar-refractivity contribution in [1.82, 2.24) is 9.13 Å². The zero-order valence-corrected chi connectivity index (χ0v) is 32.7. The van der Waals surface area contributed by atoms with Gasteiger partial charge >= 0.3 is 11.7 Å². The van der Waals surface area contributed by atoms with Crippen molar-refractivity contribution in [3.8, 4) is 0 Å².